The van der Waals surface area contributed by atoms with Gasteiger partial charge in [-0.05, 0) is 43.0 Å². The van der Waals surface area contributed by atoms with E-state index >= 15 is 0 Å². The van der Waals surface area contributed by atoms with Gasteiger partial charge >= 0.3 is 0 Å². The molecule has 0 atom stereocenters. The van der Waals surface area contributed by atoms with Crippen molar-refractivity contribution in [1.82, 2.24) is 14.5 Å². The van der Waals surface area contributed by atoms with Crippen molar-refractivity contribution in [1.29, 1.82) is 0 Å². The Morgan fingerprint density at radius 3 is 2.58 bits per heavy atom. The van der Waals surface area contributed by atoms with Crippen LogP contribution in [0.1, 0.15) is 18.4 Å². The summed E-state index contributed by atoms with van der Waals surface area (Å²) < 4.78 is 39.6. The number of amides is 1. The summed E-state index contributed by atoms with van der Waals surface area (Å²) in [4.78, 5) is 10.8. The minimum atomic E-state index is -3.72. The van der Waals surface area contributed by atoms with E-state index in [9.17, 15) is 18.4 Å². The number of carbonyl (C=O) groups excluding carboxylic acids is 1. The molecule has 0 bridgehead atoms. The maximum atomic E-state index is 13.3. The largest absolute Gasteiger partial charge is 0.490 e. The van der Waals surface area contributed by atoms with Crippen molar-refractivity contribution in [2.75, 3.05) is 19.6 Å². The Balaban J connectivity index is 1.43. The number of nitrogens with zero attached hydrogens (tertiary/aromatic N) is 3. The quantitative estimate of drug-likeness (QED) is 0.290. The van der Waals surface area contributed by atoms with Gasteiger partial charge in [0.15, 0.2) is 5.76 Å². The number of hydroxylamine groups is 2. The number of aromatic nitrogens is 1. The van der Waals surface area contributed by atoms with Gasteiger partial charge in [-0.3, -0.25) is 10.0 Å². The molecule has 0 unspecified atom stereocenters. The number of carbonyl (C=O) groups is 1. The number of piperidine rings is 1. The lowest BCUT2D eigenvalue weighted by Crippen LogP contribution is -2.42. The molecule has 3 aromatic rings. The minimum Gasteiger partial charge on any atom is -0.490 e. The summed E-state index contributed by atoms with van der Waals surface area (Å²) in [6.45, 7) is 0.662. The fourth-order valence-corrected chi connectivity index (χ4v) is 5.61. The van der Waals surface area contributed by atoms with Crippen LogP contribution in [0.3, 0.4) is 0 Å². The molecular weight excluding hydrogens is 446 g/mol. The van der Waals surface area contributed by atoms with Crippen LogP contribution in [0.25, 0.3) is 11.3 Å². The van der Waals surface area contributed by atoms with E-state index < -0.39 is 10.0 Å². The fourth-order valence-electron chi connectivity index (χ4n) is 3.89. The van der Waals surface area contributed by atoms with E-state index in [1.165, 1.54) is 4.31 Å². The van der Waals surface area contributed by atoms with Crippen molar-refractivity contribution >= 4 is 16.4 Å². The third-order valence-electron chi connectivity index (χ3n) is 5.61. The van der Waals surface area contributed by atoms with Gasteiger partial charge in [0.1, 0.15) is 11.9 Å². The van der Waals surface area contributed by atoms with Gasteiger partial charge in [0.25, 0.3) is 0 Å². The van der Waals surface area contributed by atoms with E-state index in [1.807, 2.05) is 24.3 Å². The van der Waals surface area contributed by atoms with E-state index in [1.54, 1.807) is 36.5 Å². The van der Waals surface area contributed by atoms with Crippen LogP contribution in [0.5, 0.6) is 5.75 Å². The van der Waals surface area contributed by atoms with Crippen LogP contribution in [-0.2, 0) is 21.2 Å². The third kappa shape index (κ3) is 5.24. The number of sulfonamides is 1. The number of ether oxygens (including phenoxy) is 1. The highest BCUT2D eigenvalue weighted by atomic mass is 32.2. The van der Waals surface area contributed by atoms with Gasteiger partial charge in [-0.15, -0.1) is 0 Å². The Kier molecular flexibility index (Phi) is 7.07. The highest BCUT2D eigenvalue weighted by Gasteiger charge is 2.32. The minimum absolute atomic E-state index is 0.0105. The van der Waals surface area contributed by atoms with E-state index in [2.05, 4.69) is 5.16 Å². The van der Waals surface area contributed by atoms with Crippen molar-refractivity contribution in [3.63, 3.8) is 0 Å². The summed E-state index contributed by atoms with van der Waals surface area (Å²) in [7, 11) is -3.72. The van der Waals surface area contributed by atoms with Crippen LogP contribution in [-0.4, -0.2) is 60.3 Å². The van der Waals surface area contributed by atoms with Crippen LogP contribution in [0.15, 0.2) is 70.2 Å². The SMILES string of the molecule is O=CN(O)CCc1ccccc1S(=O)(=O)N1CCC(Oc2ccccc2-c2ccno2)CC1. The van der Waals surface area contributed by atoms with Crippen LogP contribution in [0.4, 0.5) is 0 Å². The third-order valence-corrected chi connectivity index (χ3v) is 7.61. The second-order valence-electron chi connectivity index (χ2n) is 7.72. The number of hydrogen-bond acceptors (Lipinski definition) is 7. The summed E-state index contributed by atoms with van der Waals surface area (Å²) in [5.41, 5.74) is 1.35. The number of hydrogen-bond donors (Lipinski definition) is 1. The molecule has 174 valence electrons. The first-order valence-corrected chi connectivity index (χ1v) is 12.1. The van der Waals surface area contributed by atoms with Crippen molar-refractivity contribution in [2.24, 2.45) is 0 Å². The first-order valence-electron chi connectivity index (χ1n) is 10.6. The molecule has 2 heterocycles. The van der Waals surface area contributed by atoms with Gasteiger partial charge < -0.3 is 9.26 Å². The molecule has 1 aliphatic heterocycles. The highest BCUT2D eigenvalue weighted by molar-refractivity contribution is 7.89. The molecule has 2 aromatic carbocycles. The Hall–Kier alpha value is -3.21. The topological polar surface area (TPSA) is 113 Å². The Bertz CT molecular complexity index is 1170. The molecular formula is C23H25N3O6S. The lowest BCUT2D eigenvalue weighted by Gasteiger charge is -2.32. The lowest BCUT2D eigenvalue weighted by atomic mass is 10.1. The average molecular weight is 472 g/mol. The Morgan fingerprint density at radius 2 is 1.85 bits per heavy atom. The zero-order valence-electron chi connectivity index (χ0n) is 17.9. The number of rotatable bonds is 9. The van der Waals surface area contributed by atoms with Gasteiger partial charge in [0, 0.05) is 19.2 Å². The molecule has 1 saturated heterocycles. The summed E-state index contributed by atoms with van der Waals surface area (Å²) in [6.07, 6.45) is 3.05. The van der Waals surface area contributed by atoms with Gasteiger partial charge in [0.05, 0.1) is 23.2 Å². The fraction of sp³-hybridized carbons (Fsp3) is 0.304. The first-order chi connectivity index (χ1) is 16.0. The zero-order chi connectivity index (χ0) is 23.3. The van der Waals surface area contributed by atoms with Gasteiger partial charge in [-0.1, -0.05) is 35.5 Å². The van der Waals surface area contributed by atoms with Gasteiger partial charge in [0.2, 0.25) is 16.4 Å². The van der Waals surface area contributed by atoms with Crippen LogP contribution >= 0.6 is 0 Å². The molecule has 33 heavy (non-hydrogen) atoms. The molecule has 1 amide bonds. The molecule has 1 aromatic heterocycles. The molecule has 9 nitrogen and oxygen atoms in total. The maximum absolute atomic E-state index is 13.3. The molecule has 4 rings (SSSR count). The van der Waals surface area contributed by atoms with Gasteiger partial charge in [-0.25, -0.2) is 13.5 Å². The van der Waals surface area contributed by atoms with Crippen LogP contribution in [0, 0.1) is 0 Å². The Morgan fingerprint density at radius 1 is 1.12 bits per heavy atom. The normalized spacial score (nSPS) is 15.3. The predicted octanol–water partition coefficient (Wildman–Crippen LogP) is 2.96. The van der Waals surface area contributed by atoms with E-state index in [0.29, 0.717) is 54.5 Å². The summed E-state index contributed by atoms with van der Waals surface area (Å²) in [6, 6.07) is 16.0. The molecule has 0 aliphatic carbocycles. The van der Waals surface area contributed by atoms with Crippen LogP contribution in [0.2, 0.25) is 0 Å². The molecule has 0 radical (unpaired) electrons. The standard InChI is InChI=1S/C23H25N3O6S/c27-17-25(28)14-10-18-5-1-4-8-23(18)33(29,30)26-15-11-19(12-16-26)31-21-7-3-2-6-20(21)22-9-13-24-32-22/h1-9,13,17,19,28H,10-12,14-16H2. The molecule has 1 fully saturated rings. The van der Waals surface area contributed by atoms with Crippen LogP contribution < -0.4 is 4.74 Å². The van der Waals surface area contributed by atoms with Crippen molar-refractivity contribution in [3.05, 3.63) is 66.4 Å². The van der Waals surface area contributed by atoms with E-state index in [0.717, 1.165) is 5.56 Å². The second-order valence-corrected chi connectivity index (χ2v) is 9.63. The van der Waals surface area contributed by atoms with Gasteiger partial charge in [-0.2, -0.15) is 4.31 Å². The summed E-state index contributed by atoms with van der Waals surface area (Å²) in [5, 5.41) is 13.6. The summed E-state index contributed by atoms with van der Waals surface area (Å²) in [5.74, 6) is 1.28. The number of para-hydroxylation sites is 1. The van der Waals surface area contributed by atoms with Crippen molar-refractivity contribution < 1.29 is 27.7 Å². The maximum Gasteiger partial charge on any atom is 0.243 e. The Labute approximate surface area is 192 Å². The first kappa shape index (κ1) is 23.0. The molecule has 1 N–H and O–H groups in total. The zero-order valence-corrected chi connectivity index (χ0v) is 18.7. The summed E-state index contributed by atoms with van der Waals surface area (Å²) >= 11 is 0. The molecule has 10 heteroatoms. The van der Waals surface area contributed by atoms with Crippen molar-refractivity contribution in [2.45, 2.75) is 30.3 Å². The predicted molar refractivity (Wildman–Crippen MR) is 119 cm³/mol. The highest BCUT2D eigenvalue weighted by Crippen LogP contribution is 2.32. The average Bonchev–Trinajstić information content (AvgIpc) is 3.38. The number of benzene rings is 2. The monoisotopic (exact) mass is 471 g/mol. The van der Waals surface area contributed by atoms with E-state index in [4.69, 9.17) is 9.26 Å². The molecule has 1 aliphatic rings. The second kappa shape index (κ2) is 10.2. The molecule has 0 spiro atoms. The lowest BCUT2D eigenvalue weighted by molar-refractivity contribution is -0.149. The molecule has 0 saturated carbocycles. The van der Waals surface area contributed by atoms with E-state index in [-0.39, 0.29) is 24.0 Å². The van der Waals surface area contributed by atoms with Crippen molar-refractivity contribution in [3.8, 4) is 17.1 Å². The smallest absolute Gasteiger partial charge is 0.243 e.